The van der Waals surface area contributed by atoms with Crippen molar-refractivity contribution in [2.24, 2.45) is 0 Å². The zero-order valence-corrected chi connectivity index (χ0v) is 21.3. The standard InChI is InChI=1S/C28H34N6O2/c1-4-14-32-15-7-16-33(18-17-32)21-10-12-24(27(19-21)36-3)30-28-29-20-22-11-13-25(34(22)31-28)23-8-5-6-9-26(23)35-2/h5-6,8-13,19-20H,4,7,14-18H2,1-3H3,(H,30,31). The zero-order chi connectivity index (χ0) is 24.9. The first kappa shape index (κ1) is 23.9. The van der Waals surface area contributed by atoms with Crippen LogP contribution in [0.25, 0.3) is 16.8 Å². The summed E-state index contributed by atoms with van der Waals surface area (Å²) in [5.74, 6) is 2.06. The Balaban J connectivity index is 1.39. The van der Waals surface area contributed by atoms with Gasteiger partial charge in [-0.05, 0) is 62.3 Å². The van der Waals surface area contributed by atoms with E-state index >= 15 is 0 Å². The molecule has 0 aliphatic carbocycles. The Kier molecular flexibility index (Phi) is 7.23. The number of rotatable bonds is 8. The summed E-state index contributed by atoms with van der Waals surface area (Å²) in [5, 5.41) is 8.13. The fraction of sp³-hybridized carbons (Fsp3) is 0.357. The molecule has 1 N–H and O–H groups in total. The van der Waals surface area contributed by atoms with Gasteiger partial charge in [-0.25, -0.2) is 9.50 Å². The molecule has 8 nitrogen and oxygen atoms in total. The van der Waals surface area contributed by atoms with E-state index in [1.807, 2.05) is 53.2 Å². The molecule has 188 valence electrons. The molecule has 0 saturated carbocycles. The van der Waals surface area contributed by atoms with Crippen LogP contribution in [0.5, 0.6) is 11.5 Å². The molecule has 0 unspecified atom stereocenters. The molecule has 1 fully saturated rings. The van der Waals surface area contributed by atoms with Crippen LogP contribution in [0.15, 0.2) is 60.8 Å². The summed E-state index contributed by atoms with van der Waals surface area (Å²) in [6.07, 6.45) is 4.18. The number of benzene rings is 2. The van der Waals surface area contributed by atoms with Crippen LogP contribution in [0.1, 0.15) is 19.8 Å². The van der Waals surface area contributed by atoms with Crippen molar-refractivity contribution >= 4 is 22.8 Å². The molecule has 0 amide bonds. The first-order valence-electron chi connectivity index (χ1n) is 12.6. The third-order valence-corrected chi connectivity index (χ3v) is 6.71. The fourth-order valence-corrected chi connectivity index (χ4v) is 4.89. The van der Waals surface area contributed by atoms with E-state index in [2.05, 4.69) is 39.2 Å². The Morgan fingerprint density at radius 2 is 1.78 bits per heavy atom. The minimum absolute atomic E-state index is 0.492. The van der Waals surface area contributed by atoms with E-state index in [0.29, 0.717) is 5.95 Å². The monoisotopic (exact) mass is 486 g/mol. The molecule has 4 aromatic rings. The lowest BCUT2D eigenvalue weighted by Crippen LogP contribution is -2.31. The molecule has 5 rings (SSSR count). The SMILES string of the molecule is CCCN1CCCN(c2ccc(Nc3ncc4ccc(-c5ccccc5OC)n4n3)c(OC)c2)CC1. The molecule has 0 atom stereocenters. The molecule has 0 radical (unpaired) electrons. The Morgan fingerprint density at radius 3 is 2.61 bits per heavy atom. The van der Waals surface area contributed by atoms with E-state index in [9.17, 15) is 0 Å². The van der Waals surface area contributed by atoms with Gasteiger partial charge in [0.2, 0.25) is 5.95 Å². The van der Waals surface area contributed by atoms with Crippen molar-refractivity contribution in [2.75, 3.05) is 57.2 Å². The average molecular weight is 487 g/mol. The summed E-state index contributed by atoms with van der Waals surface area (Å²) in [4.78, 5) is 9.54. The highest BCUT2D eigenvalue weighted by atomic mass is 16.5. The van der Waals surface area contributed by atoms with Crippen molar-refractivity contribution in [1.29, 1.82) is 0 Å². The molecule has 2 aromatic carbocycles. The number of hydrogen-bond donors (Lipinski definition) is 1. The van der Waals surface area contributed by atoms with Gasteiger partial charge in [-0.3, -0.25) is 0 Å². The van der Waals surface area contributed by atoms with Gasteiger partial charge < -0.3 is 24.6 Å². The van der Waals surface area contributed by atoms with Crippen LogP contribution in [0.2, 0.25) is 0 Å². The van der Waals surface area contributed by atoms with E-state index in [1.54, 1.807) is 14.2 Å². The maximum absolute atomic E-state index is 5.76. The predicted molar refractivity (Wildman–Crippen MR) is 145 cm³/mol. The first-order chi connectivity index (χ1) is 17.7. The van der Waals surface area contributed by atoms with E-state index in [1.165, 1.54) is 25.1 Å². The third kappa shape index (κ3) is 4.95. The fourth-order valence-electron chi connectivity index (χ4n) is 4.89. The highest BCUT2D eigenvalue weighted by molar-refractivity contribution is 5.72. The van der Waals surface area contributed by atoms with Gasteiger partial charge in [-0.2, -0.15) is 0 Å². The van der Waals surface area contributed by atoms with E-state index in [0.717, 1.165) is 60.1 Å². The topological polar surface area (TPSA) is 67.2 Å². The number of nitrogens with one attached hydrogen (secondary N) is 1. The number of nitrogens with zero attached hydrogens (tertiary/aromatic N) is 5. The maximum Gasteiger partial charge on any atom is 0.245 e. The number of methoxy groups -OCH3 is 2. The van der Waals surface area contributed by atoms with Crippen molar-refractivity contribution in [1.82, 2.24) is 19.5 Å². The van der Waals surface area contributed by atoms with Crippen LogP contribution in [-0.4, -0.2) is 66.4 Å². The van der Waals surface area contributed by atoms with Crippen LogP contribution >= 0.6 is 0 Å². The summed E-state index contributed by atoms with van der Waals surface area (Å²) in [5.41, 5.74) is 4.82. The van der Waals surface area contributed by atoms with Gasteiger partial charge in [-0.1, -0.05) is 19.1 Å². The number of ether oxygens (including phenoxy) is 2. The largest absolute Gasteiger partial charge is 0.496 e. The minimum atomic E-state index is 0.492. The third-order valence-electron chi connectivity index (χ3n) is 6.71. The summed E-state index contributed by atoms with van der Waals surface area (Å²) in [7, 11) is 3.38. The van der Waals surface area contributed by atoms with Crippen LogP contribution in [0, 0.1) is 0 Å². The number of hydrogen-bond acceptors (Lipinski definition) is 7. The lowest BCUT2D eigenvalue weighted by Gasteiger charge is -2.24. The number of fused-ring (bicyclic) bond motifs is 1. The van der Waals surface area contributed by atoms with Crippen molar-refractivity contribution in [3.05, 3.63) is 60.8 Å². The summed E-state index contributed by atoms with van der Waals surface area (Å²) in [6.45, 7) is 7.75. The smallest absolute Gasteiger partial charge is 0.245 e. The molecular formula is C28H34N6O2. The second-order valence-corrected chi connectivity index (χ2v) is 9.03. The minimum Gasteiger partial charge on any atom is -0.496 e. The van der Waals surface area contributed by atoms with Gasteiger partial charge >= 0.3 is 0 Å². The zero-order valence-electron chi connectivity index (χ0n) is 21.3. The molecule has 8 heteroatoms. The van der Waals surface area contributed by atoms with Crippen molar-refractivity contribution in [3.63, 3.8) is 0 Å². The summed E-state index contributed by atoms with van der Waals surface area (Å²) < 4.78 is 13.2. The van der Waals surface area contributed by atoms with Gasteiger partial charge in [0.05, 0.1) is 37.3 Å². The second kappa shape index (κ2) is 10.9. The molecule has 1 saturated heterocycles. The number of para-hydroxylation sites is 1. The van der Waals surface area contributed by atoms with Crippen molar-refractivity contribution < 1.29 is 9.47 Å². The number of anilines is 3. The molecule has 0 spiro atoms. The highest BCUT2D eigenvalue weighted by Crippen LogP contribution is 2.33. The summed E-state index contributed by atoms with van der Waals surface area (Å²) >= 11 is 0. The van der Waals surface area contributed by atoms with Gasteiger partial charge in [-0.15, -0.1) is 5.10 Å². The lowest BCUT2D eigenvalue weighted by molar-refractivity contribution is 0.294. The summed E-state index contributed by atoms with van der Waals surface area (Å²) in [6, 6.07) is 18.3. The van der Waals surface area contributed by atoms with Crippen molar-refractivity contribution in [2.45, 2.75) is 19.8 Å². The molecule has 1 aliphatic rings. The Morgan fingerprint density at radius 1 is 0.917 bits per heavy atom. The Labute approximate surface area is 212 Å². The second-order valence-electron chi connectivity index (χ2n) is 9.03. The number of aromatic nitrogens is 3. The Hall–Kier alpha value is -3.78. The molecule has 0 bridgehead atoms. The first-order valence-corrected chi connectivity index (χ1v) is 12.6. The highest BCUT2D eigenvalue weighted by Gasteiger charge is 2.17. The van der Waals surface area contributed by atoms with Crippen molar-refractivity contribution in [3.8, 4) is 22.8 Å². The maximum atomic E-state index is 5.76. The van der Waals surface area contributed by atoms with Crippen LogP contribution in [-0.2, 0) is 0 Å². The van der Waals surface area contributed by atoms with Gasteiger partial charge in [0.1, 0.15) is 11.5 Å². The van der Waals surface area contributed by atoms with E-state index in [4.69, 9.17) is 14.6 Å². The van der Waals surface area contributed by atoms with Gasteiger partial charge in [0.15, 0.2) is 0 Å². The van der Waals surface area contributed by atoms with E-state index < -0.39 is 0 Å². The molecule has 3 heterocycles. The molecule has 1 aliphatic heterocycles. The Bertz CT molecular complexity index is 1320. The molecule has 36 heavy (non-hydrogen) atoms. The average Bonchev–Trinajstić information content (AvgIpc) is 3.19. The van der Waals surface area contributed by atoms with Gasteiger partial charge in [0, 0.05) is 37.0 Å². The molecular weight excluding hydrogens is 452 g/mol. The van der Waals surface area contributed by atoms with Crippen LogP contribution in [0.4, 0.5) is 17.3 Å². The normalized spacial score (nSPS) is 14.6. The van der Waals surface area contributed by atoms with Gasteiger partial charge in [0.25, 0.3) is 0 Å². The van der Waals surface area contributed by atoms with Crippen LogP contribution < -0.4 is 19.7 Å². The molecule has 2 aromatic heterocycles. The predicted octanol–water partition coefficient (Wildman–Crippen LogP) is 5.08. The van der Waals surface area contributed by atoms with Crippen LogP contribution in [0.3, 0.4) is 0 Å². The lowest BCUT2D eigenvalue weighted by atomic mass is 10.1. The van der Waals surface area contributed by atoms with E-state index in [-0.39, 0.29) is 0 Å². The quantitative estimate of drug-likeness (QED) is 0.373.